The lowest BCUT2D eigenvalue weighted by Crippen LogP contribution is -2.60. The summed E-state index contributed by atoms with van der Waals surface area (Å²) in [4.78, 5) is 13.9. The van der Waals surface area contributed by atoms with Gasteiger partial charge in [-0.3, -0.25) is 4.79 Å². The summed E-state index contributed by atoms with van der Waals surface area (Å²) in [5.74, 6) is -0.361. The quantitative estimate of drug-likeness (QED) is 0.751. The van der Waals surface area contributed by atoms with Gasteiger partial charge in [0, 0.05) is 12.5 Å². The summed E-state index contributed by atoms with van der Waals surface area (Å²) >= 11 is 0. The Labute approximate surface area is 97.0 Å². The van der Waals surface area contributed by atoms with Gasteiger partial charge in [0.1, 0.15) is 5.54 Å². The zero-order chi connectivity index (χ0) is 11.6. The molecular weight excluding hydrogens is 204 g/mol. The van der Waals surface area contributed by atoms with Gasteiger partial charge in [0.15, 0.2) is 0 Å². The van der Waals surface area contributed by atoms with Crippen LogP contribution < -0.4 is 5.32 Å². The highest BCUT2D eigenvalue weighted by Crippen LogP contribution is 2.34. The number of piperidine rings is 1. The van der Waals surface area contributed by atoms with Gasteiger partial charge in [-0.1, -0.05) is 6.92 Å². The minimum absolute atomic E-state index is 0.283. The number of rotatable bonds is 3. The topological polar surface area (TPSA) is 52.6 Å². The lowest BCUT2D eigenvalue weighted by atomic mass is 9.77. The molecule has 0 aromatic carbocycles. The van der Waals surface area contributed by atoms with Crippen molar-refractivity contribution in [2.24, 2.45) is 5.92 Å². The first kappa shape index (κ1) is 11.9. The minimum Gasteiger partial charge on any atom is -0.480 e. The fourth-order valence-corrected chi connectivity index (χ4v) is 3.16. The summed E-state index contributed by atoms with van der Waals surface area (Å²) in [6.45, 7) is 6.03. The van der Waals surface area contributed by atoms with Crippen molar-refractivity contribution in [2.45, 2.75) is 38.1 Å². The molecule has 2 aliphatic heterocycles. The molecule has 0 spiro atoms. The van der Waals surface area contributed by atoms with Crippen molar-refractivity contribution in [1.29, 1.82) is 0 Å². The van der Waals surface area contributed by atoms with E-state index in [-0.39, 0.29) is 5.92 Å². The molecule has 4 nitrogen and oxygen atoms in total. The Kier molecular flexibility index (Phi) is 3.50. The normalized spacial score (nSPS) is 36.4. The predicted octanol–water partition coefficient (Wildman–Crippen LogP) is 0.925. The van der Waals surface area contributed by atoms with Gasteiger partial charge < -0.3 is 15.3 Å². The standard InChI is InChI=1S/C12H22N2O2/c1-2-14-8-5-10(9-14)12(11(15)16)6-3-4-7-13-12/h10,13H,2-9H2,1H3,(H,15,16). The number of carboxylic acids is 1. The molecule has 2 heterocycles. The number of nitrogens with zero attached hydrogens (tertiary/aromatic N) is 1. The Morgan fingerprint density at radius 2 is 2.38 bits per heavy atom. The van der Waals surface area contributed by atoms with Gasteiger partial charge in [0.05, 0.1) is 0 Å². The molecule has 0 amide bonds. The van der Waals surface area contributed by atoms with Crippen LogP contribution in [0.2, 0.25) is 0 Å². The van der Waals surface area contributed by atoms with Gasteiger partial charge >= 0.3 is 5.97 Å². The van der Waals surface area contributed by atoms with Crippen molar-refractivity contribution in [3.05, 3.63) is 0 Å². The molecule has 0 aromatic heterocycles. The number of hydrogen-bond acceptors (Lipinski definition) is 3. The fraction of sp³-hybridized carbons (Fsp3) is 0.917. The first-order valence-electron chi connectivity index (χ1n) is 6.40. The summed E-state index contributed by atoms with van der Waals surface area (Å²) in [6, 6.07) is 0. The van der Waals surface area contributed by atoms with E-state index >= 15 is 0 Å². The molecule has 0 saturated carbocycles. The van der Waals surface area contributed by atoms with Crippen LogP contribution in [-0.2, 0) is 4.79 Å². The fourth-order valence-electron chi connectivity index (χ4n) is 3.16. The molecule has 0 aliphatic carbocycles. The molecule has 16 heavy (non-hydrogen) atoms. The lowest BCUT2D eigenvalue weighted by molar-refractivity contribution is -0.148. The number of aliphatic carboxylic acids is 1. The maximum absolute atomic E-state index is 11.6. The summed E-state index contributed by atoms with van der Waals surface area (Å²) < 4.78 is 0. The Bertz CT molecular complexity index is 262. The van der Waals surface area contributed by atoms with Crippen LogP contribution in [-0.4, -0.2) is 47.7 Å². The maximum Gasteiger partial charge on any atom is 0.324 e. The van der Waals surface area contributed by atoms with Crippen molar-refractivity contribution in [3.8, 4) is 0 Å². The average molecular weight is 226 g/mol. The van der Waals surface area contributed by atoms with E-state index in [9.17, 15) is 9.90 Å². The monoisotopic (exact) mass is 226 g/mol. The highest BCUT2D eigenvalue weighted by atomic mass is 16.4. The summed E-state index contributed by atoms with van der Waals surface area (Å²) in [5, 5.41) is 12.8. The van der Waals surface area contributed by atoms with Crippen LogP contribution in [0.15, 0.2) is 0 Å². The van der Waals surface area contributed by atoms with E-state index in [2.05, 4.69) is 17.1 Å². The molecule has 2 saturated heterocycles. The Balaban J connectivity index is 2.10. The first-order chi connectivity index (χ1) is 7.69. The smallest absolute Gasteiger partial charge is 0.324 e. The number of carboxylic acid groups (broad SMARTS) is 1. The van der Waals surface area contributed by atoms with Crippen LogP contribution in [0, 0.1) is 5.92 Å². The van der Waals surface area contributed by atoms with Gasteiger partial charge in [-0.2, -0.15) is 0 Å². The first-order valence-corrected chi connectivity index (χ1v) is 6.40. The van der Waals surface area contributed by atoms with Gasteiger partial charge in [-0.15, -0.1) is 0 Å². The van der Waals surface area contributed by atoms with Crippen molar-refractivity contribution < 1.29 is 9.90 Å². The number of likely N-dealkylation sites (tertiary alicyclic amines) is 1. The molecule has 92 valence electrons. The lowest BCUT2D eigenvalue weighted by Gasteiger charge is -2.39. The molecule has 2 aliphatic rings. The Hall–Kier alpha value is -0.610. The molecule has 2 atom stereocenters. The van der Waals surface area contributed by atoms with E-state index in [1.807, 2.05) is 0 Å². The van der Waals surface area contributed by atoms with Crippen LogP contribution in [0.4, 0.5) is 0 Å². The third-order valence-corrected chi connectivity index (χ3v) is 4.24. The molecule has 0 bridgehead atoms. The summed E-state index contributed by atoms with van der Waals surface area (Å²) in [6.07, 6.45) is 3.97. The molecule has 2 N–H and O–H groups in total. The van der Waals surface area contributed by atoms with E-state index < -0.39 is 11.5 Å². The number of nitrogens with one attached hydrogen (secondary N) is 1. The second-order valence-electron chi connectivity index (χ2n) is 5.04. The van der Waals surface area contributed by atoms with Gasteiger partial charge in [0.2, 0.25) is 0 Å². The van der Waals surface area contributed by atoms with Crippen molar-refractivity contribution >= 4 is 5.97 Å². The molecular formula is C12H22N2O2. The molecule has 2 unspecified atom stereocenters. The molecule has 2 rings (SSSR count). The summed E-state index contributed by atoms with van der Waals surface area (Å²) in [7, 11) is 0. The second kappa shape index (κ2) is 4.72. The van der Waals surface area contributed by atoms with Crippen molar-refractivity contribution in [1.82, 2.24) is 10.2 Å². The Morgan fingerprint density at radius 1 is 1.56 bits per heavy atom. The zero-order valence-electron chi connectivity index (χ0n) is 10.0. The molecule has 0 aromatic rings. The van der Waals surface area contributed by atoms with E-state index in [1.165, 1.54) is 0 Å². The van der Waals surface area contributed by atoms with Crippen LogP contribution in [0.3, 0.4) is 0 Å². The maximum atomic E-state index is 11.6. The predicted molar refractivity (Wildman–Crippen MR) is 62.4 cm³/mol. The highest BCUT2D eigenvalue weighted by Gasteiger charge is 2.48. The summed E-state index contributed by atoms with van der Waals surface area (Å²) in [5.41, 5.74) is -0.637. The third kappa shape index (κ3) is 1.96. The largest absolute Gasteiger partial charge is 0.480 e. The minimum atomic E-state index is -0.643. The highest BCUT2D eigenvalue weighted by molar-refractivity contribution is 5.79. The molecule has 2 fully saturated rings. The van der Waals surface area contributed by atoms with Crippen LogP contribution in [0.25, 0.3) is 0 Å². The molecule has 0 radical (unpaired) electrons. The molecule has 4 heteroatoms. The average Bonchev–Trinajstić information content (AvgIpc) is 2.78. The van der Waals surface area contributed by atoms with Gasteiger partial charge in [-0.25, -0.2) is 0 Å². The van der Waals surface area contributed by atoms with Gasteiger partial charge in [-0.05, 0) is 45.3 Å². The Morgan fingerprint density at radius 3 is 2.88 bits per heavy atom. The third-order valence-electron chi connectivity index (χ3n) is 4.24. The number of hydrogen-bond donors (Lipinski definition) is 2. The van der Waals surface area contributed by atoms with E-state index in [0.717, 1.165) is 51.9 Å². The van der Waals surface area contributed by atoms with E-state index in [4.69, 9.17) is 0 Å². The van der Waals surface area contributed by atoms with Crippen molar-refractivity contribution in [2.75, 3.05) is 26.2 Å². The van der Waals surface area contributed by atoms with Crippen LogP contribution in [0.5, 0.6) is 0 Å². The SMILES string of the molecule is CCN1CCC(C2(C(=O)O)CCCCN2)C1. The van der Waals surface area contributed by atoms with E-state index in [0.29, 0.717) is 0 Å². The van der Waals surface area contributed by atoms with Crippen molar-refractivity contribution in [3.63, 3.8) is 0 Å². The number of carbonyl (C=O) groups is 1. The van der Waals surface area contributed by atoms with E-state index in [1.54, 1.807) is 0 Å². The second-order valence-corrected chi connectivity index (χ2v) is 5.04. The van der Waals surface area contributed by atoms with Crippen LogP contribution in [0.1, 0.15) is 32.6 Å². The van der Waals surface area contributed by atoms with Gasteiger partial charge in [0.25, 0.3) is 0 Å². The zero-order valence-corrected chi connectivity index (χ0v) is 10.0. The van der Waals surface area contributed by atoms with Crippen LogP contribution >= 0.6 is 0 Å².